The first-order valence-corrected chi connectivity index (χ1v) is 8.97. The lowest BCUT2D eigenvalue weighted by molar-refractivity contribution is -0.124. The number of rotatable bonds is 5. The Morgan fingerprint density at radius 1 is 1.10 bits per heavy atom. The molecule has 3 aromatic rings. The summed E-state index contributed by atoms with van der Waals surface area (Å²) in [5.74, 6) is -0.472. The zero-order chi connectivity index (χ0) is 20.2. The third-order valence-corrected chi connectivity index (χ3v) is 4.57. The summed E-state index contributed by atoms with van der Waals surface area (Å²) in [5, 5.41) is 12.1. The summed E-state index contributed by atoms with van der Waals surface area (Å²) in [5.41, 5.74) is 1.57. The zero-order valence-electron chi connectivity index (χ0n) is 15.3. The van der Waals surface area contributed by atoms with Gasteiger partial charge in [0.1, 0.15) is 6.61 Å². The van der Waals surface area contributed by atoms with Crippen LogP contribution in [-0.4, -0.2) is 50.2 Å². The van der Waals surface area contributed by atoms with Crippen molar-refractivity contribution in [3.63, 3.8) is 0 Å². The van der Waals surface area contributed by atoms with Crippen LogP contribution in [-0.2, 0) is 16.1 Å². The highest BCUT2D eigenvalue weighted by atomic mass is 16.6. The maximum absolute atomic E-state index is 12.3. The minimum Gasteiger partial charge on any atom is -0.445 e. The van der Waals surface area contributed by atoms with E-state index in [2.05, 4.69) is 20.8 Å². The maximum atomic E-state index is 12.3. The summed E-state index contributed by atoms with van der Waals surface area (Å²) in [7, 11) is 0. The Bertz CT molecular complexity index is 1050. The number of H-pyrrole nitrogens is 1. The van der Waals surface area contributed by atoms with Crippen LogP contribution >= 0.6 is 0 Å². The van der Waals surface area contributed by atoms with Crippen LogP contribution in [0.2, 0.25) is 0 Å². The maximum Gasteiger partial charge on any atom is 0.410 e. The Morgan fingerprint density at radius 2 is 1.83 bits per heavy atom. The van der Waals surface area contributed by atoms with Crippen LogP contribution in [0.5, 0.6) is 0 Å². The van der Waals surface area contributed by atoms with Gasteiger partial charge in [0.25, 0.3) is 0 Å². The fraction of sp³-hybridized carbons (Fsp3) is 0.211. The number of aromatic amines is 1. The van der Waals surface area contributed by atoms with Crippen molar-refractivity contribution in [2.24, 2.45) is 5.92 Å². The lowest BCUT2D eigenvalue weighted by Crippen LogP contribution is -2.54. The molecule has 0 spiro atoms. The van der Waals surface area contributed by atoms with Crippen molar-refractivity contribution in [1.82, 2.24) is 25.1 Å². The third kappa shape index (κ3) is 4.15. The SMILES string of the molecule is O=C(Nc1ccc(-n2nn[nH]c2=O)cc1)C1CN(C(=O)OCc2ccccc2)C1. The molecular weight excluding hydrogens is 376 g/mol. The Hall–Kier alpha value is -3.95. The van der Waals surface area contributed by atoms with Crippen molar-refractivity contribution in [2.75, 3.05) is 18.4 Å². The molecular formula is C19H18N6O4. The second-order valence-electron chi connectivity index (χ2n) is 6.60. The van der Waals surface area contributed by atoms with Gasteiger partial charge in [-0.05, 0) is 40.3 Å². The summed E-state index contributed by atoms with van der Waals surface area (Å²) in [6, 6.07) is 16.0. The van der Waals surface area contributed by atoms with E-state index in [1.165, 1.54) is 4.90 Å². The van der Waals surface area contributed by atoms with Gasteiger partial charge in [-0.2, -0.15) is 4.68 Å². The Morgan fingerprint density at radius 3 is 2.48 bits per heavy atom. The first kappa shape index (κ1) is 18.4. The second kappa shape index (κ2) is 7.97. The lowest BCUT2D eigenvalue weighted by Gasteiger charge is -2.37. The molecule has 1 saturated heterocycles. The molecule has 2 amide bonds. The van der Waals surface area contributed by atoms with E-state index >= 15 is 0 Å². The van der Waals surface area contributed by atoms with Gasteiger partial charge < -0.3 is 15.0 Å². The van der Waals surface area contributed by atoms with E-state index in [0.717, 1.165) is 10.2 Å². The number of nitrogens with one attached hydrogen (secondary N) is 2. The van der Waals surface area contributed by atoms with E-state index < -0.39 is 11.8 Å². The van der Waals surface area contributed by atoms with Gasteiger partial charge >= 0.3 is 11.8 Å². The molecule has 29 heavy (non-hydrogen) atoms. The molecule has 0 atom stereocenters. The molecule has 2 heterocycles. The zero-order valence-corrected chi connectivity index (χ0v) is 15.3. The summed E-state index contributed by atoms with van der Waals surface area (Å²) >= 11 is 0. The van der Waals surface area contributed by atoms with Crippen LogP contribution < -0.4 is 11.0 Å². The van der Waals surface area contributed by atoms with E-state index in [-0.39, 0.29) is 18.4 Å². The van der Waals surface area contributed by atoms with Gasteiger partial charge in [-0.15, -0.1) is 0 Å². The van der Waals surface area contributed by atoms with E-state index in [9.17, 15) is 14.4 Å². The predicted octanol–water partition coefficient (Wildman–Crippen LogP) is 1.16. The van der Waals surface area contributed by atoms with Gasteiger partial charge in [-0.3, -0.25) is 4.79 Å². The fourth-order valence-corrected chi connectivity index (χ4v) is 2.90. The fourth-order valence-electron chi connectivity index (χ4n) is 2.90. The number of benzene rings is 2. The molecule has 1 aromatic heterocycles. The summed E-state index contributed by atoms with van der Waals surface area (Å²) in [4.78, 5) is 37.4. The number of amides is 2. The highest BCUT2D eigenvalue weighted by molar-refractivity contribution is 5.94. The van der Waals surface area contributed by atoms with Crippen molar-refractivity contribution < 1.29 is 14.3 Å². The Balaban J connectivity index is 1.25. The lowest BCUT2D eigenvalue weighted by atomic mass is 10.00. The standard InChI is InChI=1S/C19H18N6O4/c26-17(20-15-6-8-16(9-7-15)25-18(27)21-22-23-25)14-10-24(11-14)19(28)29-12-13-4-2-1-3-5-13/h1-9,14H,10-12H2,(H,20,26)(H,21,23,27). The first-order valence-electron chi connectivity index (χ1n) is 8.97. The minimum absolute atomic E-state index is 0.177. The number of carbonyl (C=O) groups excluding carboxylic acids is 2. The van der Waals surface area contributed by atoms with Gasteiger partial charge in [-0.25, -0.2) is 14.7 Å². The normalized spacial score (nSPS) is 13.6. The van der Waals surface area contributed by atoms with Crippen LogP contribution in [0.15, 0.2) is 59.4 Å². The van der Waals surface area contributed by atoms with E-state index in [4.69, 9.17) is 4.74 Å². The molecule has 2 N–H and O–H groups in total. The molecule has 0 unspecified atom stereocenters. The van der Waals surface area contributed by atoms with E-state index in [1.54, 1.807) is 24.3 Å². The van der Waals surface area contributed by atoms with Gasteiger partial charge in [-0.1, -0.05) is 30.3 Å². The number of aromatic nitrogens is 4. The molecule has 0 saturated carbocycles. The van der Waals surface area contributed by atoms with Crippen LogP contribution in [0.25, 0.3) is 5.69 Å². The van der Waals surface area contributed by atoms with Gasteiger partial charge in [0.2, 0.25) is 5.91 Å². The molecule has 0 aliphatic carbocycles. The number of hydrogen-bond donors (Lipinski definition) is 2. The van der Waals surface area contributed by atoms with E-state index in [1.807, 2.05) is 30.3 Å². The van der Waals surface area contributed by atoms with Crippen molar-refractivity contribution in [3.05, 3.63) is 70.6 Å². The molecule has 1 fully saturated rings. The predicted molar refractivity (Wildman–Crippen MR) is 102 cm³/mol. The molecule has 1 aliphatic rings. The van der Waals surface area contributed by atoms with Crippen LogP contribution in [0.1, 0.15) is 5.56 Å². The number of tetrazole rings is 1. The second-order valence-corrected chi connectivity index (χ2v) is 6.60. The summed E-state index contributed by atoms with van der Waals surface area (Å²) in [6.45, 7) is 0.825. The molecule has 10 nitrogen and oxygen atoms in total. The summed E-state index contributed by atoms with van der Waals surface area (Å²) < 4.78 is 6.36. The first-order chi connectivity index (χ1) is 14.1. The topological polar surface area (TPSA) is 122 Å². The molecule has 148 valence electrons. The number of ether oxygens (including phenoxy) is 1. The Labute approximate surface area is 165 Å². The number of anilines is 1. The van der Waals surface area contributed by atoms with Crippen molar-refractivity contribution in [3.8, 4) is 5.69 Å². The van der Waals surface area contributed by atoms with Crippen molar-refractivity contribution >= 4 is 17.7 Å². The quantitative estimate of drug-likeness (QED) is 0.670. The number of nitrogens with zero attached hydrogens (tertiary/aromatic N) is 4. The smallest absolute Gasteiger partial charge is 0.410 e. The molecule has 10 heteroatoms. The van der Waals surface area contributed by atoms with E-state index in [0.29, 0.717) is 24.5 Å². The Kier molecular flexibility index (Phi) is 5.06. The average Bonchev–Trinajstić information content (AvgIpc) is 3.12. The largest absolute Gasteiger partial charge is 0.445 e. The molecule has 1 aliphatic heterocycles. The molecule has 2 aromatic carbocycles. The number of hydrogen-bond acceptors (Lipinski definition) is 6. The van der Waals surface area contributed by atoms with Crippen molar-refractivity contribution in [1.29, 1.82) is 0 Å². The minimum atomic E-state index is -0.449. The monoisotopic (exact) mass is 394 g/mol. The van der Waals surface area contributed by atoms with Crippen LogP contribution in [0.4, 0.5) is 10.5 Å². The van der Waals surface area contributed by atoms with Crippen molar-refractivity contribution in [2.45, 2.75) is 6.61 Å². The van der Waals surface area contributed by atoms with Gasteiger partial charge in [0, 0.05) is 18.8 Å². The number of carbonyl (C=O) groups is 2. The molecule has 0 radical (unpaired) electrons. The highest BCUT2D eigenvalue weighted by Crippen LogP contribution is 2.20. The number of likely N-dealkylation sites (tertiary alicyclic amines) is 1. The van der Waals surface area contributed by atoms with Crippen LogP contribution in [0, 0.1) is 5.92 Å². The molecule has 4 rings (SSSR count). The molecule has 0 bridgehead atoms. The van der Waals surface area contributed by atoms with Gasteiger partial charge in [0.15, 0.2) is 0 Å². The summed E-state index contributed by atoms with van der Waals surface area (Å²) in [6.07, 6.45) is -0.430. The van der Waals surface area contributed by atoms with Gasteiger partial charge in [0.05, 0.1) is 11.6 Å². The average molecular weight is 394 g/mol. The third-order valence-electron chi connectivity index (χ3n) is 4.57. The van der Waals surface area contributed by atoms with Crippen LogP contribution in [0.3, 0.4) is 0 Å². The highest BCUT2D eigenvalue weighted by Gasteiger charge is 2.36.